The molecule has 0 radical (unpaired) electrons. The van der Waals surface area contributed by atoms with E-state index in [1.54, 1.807) is 54.6 Å². The Morgan fingerprint density at radius 3 is 2.30 bits per heavy atom. The lowest BCUT2D eigenvalue weighted by Crippen LogP contribution is -2.38. The van der Waals surface area contributed by atoms with Crippen LogP contribution in [0.4, 0.5) is 11.4 Å². The molecule has 9 heteroatoms. The maximum Gasteiger partial charge on any atom is 0.264 e. The Morgan fingerprint density at radius 2 is 1.64 bits per heavy atom. The summed E-state index contributed by atoms with van der Waals surface area (Å²) in [5.41, 5.74) is 0.755. The Hall–Kier alpha value is -3.72. The summed E-state index contributed by atoms with van der Waals surface area (Å²) in [4.78, 5) is 13.0. The maximum absolute atomic E-state index is 13.5. The van der Waals surface area contributed by atoms with Gasteiger partial charge in [-0.1, -0.05) is 24.3 Å². The topological polar surface area (TPSA) is 94.2 Å². The molecule has 0 aliphatic heterocycles. The first-order valence-electron chi connectivity index (χ1n) is 10.2. The molecule has 1 amide bonds. The molecule has 0 fully saturated rings. The minimum absolute atomic E-state index is 0.0610. The molecule has 0 saturated carbocycles. The van der Waals surface area contributed by atoms with Crippen LogP contribution in [0.5, 0.6) is 17.2 Å². The van der Waals surface area contributed by atoms with Crippen molar-refractivity contribution in [2.45, 2.75) is 11.8 Å². The summed E-state index contributed by atoms with van der Waals surface area (Å²) in [5, 5.41) is 2.73. The molecule has 0 aliphatic carbocycles. The Bertz CT molecular complexity index is 1200. The number of amides is 1. The minimum atomic E-state index is -4.05. The van der Waals surface area contributed by atoms with Crippen LogP contribution in [0.1, 0.15) is 6.92 Å². The maximum atomic E-state index is 13.5. The van der Waals surface area contributed by atoms with Gasteiger partial charge in [-0.05, 0) is 43.3 Å². The van der Waals surface area contributed by atoms with Gasteiger partial charge in [0, 0.05) is 17.8 Å². The first-order chi connectivity index (χ1) is 15.9. The number of rotatable bonds is 10. The van der Waals surface area contributed by atoms with Gasteiger partial charge in [0.15, 0.2) is 11.5 Å². The molecule has 0 saturated heterocycles. The van der Waals surface area contributed by atoms with E-state index in [1.807, 2.05) is 6.92 Å². The number of nitrogens with zero attached hydrogens (tertiary/aromatic N) is 1. The lowest BCUT2D eigenvalue weighted by atomic mass is 10.2. The predicted octanol–water partition coefficient (Wildman–Crippen LogP) is 3.94. The van der Waals surface area contributed by atoms with Gasteiger partial charge >= 0.3 is 0 Å². The van der Waals surface area contributed by atoms with Gasteiger partial charge in [-0.3, -0.25) is 9.10 Å². The zero-order valence-corrected chi connectivity index (χ0v) is 19.5. The molecular formula is C24H26N2O6S. The van der Waals surface area contributed by atoms with E-state index in [2.05, 4.69) is 5.32 Å². The molecule has 0 unspecified atom stereocenters. The van der Waals surface area contributed by atoms with Crippen molar-refractivity contribution in [3.8, 4) is 17.2 Å². The molecule has 1 N–H and O–H groups in total. The number of nitrogens with one attached hydrogen (secondary N) is 1. The van der Waals surface area contributed by atoms with Gasteiger partial charge in [0.2, 0.25) is 5.91 Å². The van der Waals surface area contributed by atoms with Crippen molar-refractivity contribution in [1.82, 2.24) is 0 Å². The lowest BCUT2D eigenvalue weighted by Gasteiger charge is -2.25. The number of carbonyl (C=O) groups is 1. The highest BCUT2D eigenvalue weighted by molar-refractivity contribution is 7.92. The van der Waals surface area contributed by atoms with Crippen molar-refractivity contribution in [2.75, 3.05) is 37.0 Å². The van der Waals surface area contributed by atoms with E-state index in [1.165, 1.54) is 32.4 Å². The monoisotopic (exact) mass is 470 g/mol. The highest BCUT2D eigenvalue weighted by Crippen LogP contribution is 2.33. The Labute approximate surface area is 193 Å². The molecule has 8 nitrogen and oxygen atoms in total. The molecule has 0 atom stereocenters. The van der Waals surface area contributed by atoms with Gasteiger partial charge < -0.3 is 19.5 Å². The summed E-state index contributed by atoms with van der Waals surface area (Å²) in [6, 6.07) is 19.5. The molecule has 0 aromatic heterocycles. The van der Waals surface area contributed by atoms with Crippen LogP contribution in [-0.2, 0) is 14.8 Å². The van der Waals surface area contributed by atoms with E-state index in [9.17, 15) is 13.2 Å². The number of hydrogen-bond acceptors (Lipinski definition) is 6. The van der Waals surface area contributed by atoms with E-state index in [-0.39, 0.29) is 10.6 Å². The number of sulfonamides is 1. The fraction of sp³-hybridized carbons (Fsp3) is 0.208. The van der Waals surface area contributed by atoms with Gasteiger partial charge in [0.25, 0.3) is 10.0 Å². The smallest absolute Gasteiger partial charge is 0.264 e. The lowest BCUT2D eigenvalue weighted by molar-refractivity contribution is -0.114. The fourth-order valence-electron chi connectivity index (χ4n) is 3.18. The van der Waals surface area contributed by atoms with Crippen molar-refractivity contribution in [3.05, 3.63) is 72.8 Å². The van der Waals surface area contributed by atoms with Crippen LogP contribution in [0.2, 0.25) is 0 Å². The quantitative estimate of drug-likeness (QED) is 0.482. The van der Waals surface area contributed by atoms with Gasteiger partial charge in [-0.25, -0.2) is 8.42 Å². The summed E-state index contributed by atoms with van der Waals surface area (Å²) in [6.45, 7) is 1.89. The second kappa shape index (κ2) is 10.7. The van der Waals surface area contributed by atoms with E-state index in [4.69, 9.17) is 14.2 Å². The summed E-state index contributed by atoms with van der Waals surface area (Å²) in [6.07, 6.45) is 0. The zero-order chi connectivity index (χ0) is 23.8. The molecule has 0 heterocycles. The third kappa shape index (κ3) is 5.75. The summed E-state index contributed by atoms with van der Waals surface area (Å²) in [5.74, 6) is 0.866. The van der Waals surface area contributed by atoms with Crippen LogP contribution in [0.3, 0.4) is 0 Å². The number of carbonyl (C=O) groups excluding carboxylic acids is 1. The summed E-state index contributed by atoms with van der Waals surface area (Å²) in [7, 11) is -1.11. The largest absolute Gasteiger partial charge is 0.494 e. The van der Waals surface area contributed by atoms with Crippen LogP contribution >= 0.6 is 0 Å². The van der Waals surface area contributed by atoms with E-state index in [0.717, 1.165) is 4.31 Å². The van der Waals surface area contributed by atoms with Crippen LogP contribution in [0.25, 0.3) is 0 Å². The zero-order valence-electron chi connectivity index (χ0n) is 18.6. The third-order valence-corrected chi connectivity index (χ3v) is 6.49. The standard InChI is InChI=1S/C24H26N2O6S/c1-4-32-20-10-8-9-18(15-20)25-24(27)17-26(33(28,29)21-11-6-5-7-12-21)19-13-14-22(30-2)23(16-19)31-3/h5-16H,4,17H2,1-3H3,(H,25,27). The normalized spacial score (nSPS) is 10.9. The van der Waals surface area contributed by atoms with Crippen molar-refractivity contribution in [2.24, 2.45) is 0 Å². The highest BCUT2D eigenvalue weighted by atomic mass is 32.2. The van der Waals surface area contributed by atoms with Crippen LogP contribution in [-0.4, -0.2) is 41.7 Å². The van der Waals surface area contributed by atoms with Crippen LogP contribution in [0, 0.1) is 0 Å². The number of benzene rings is 3. The van der Waals surface area contributed by atoms with Crippen LogP contribution < -0.4 is 23.8 Å². The second-order valence-electron chi connectivity index (χ2n) is 6.87. The van der Waals surface area contributed by atoms with Gasteiger partial charge in [-0.2, -0.15) is 0 Å². The fourth-order valence-corrected chi connectivity index (χ4v) is 4.61. The van der Waals surface area contributed by atoms with Gasteiger partial charge in [0.1, 0.15) is 12.3 Å². The van der Waals surface area contributed by atoms with Crippen molar-refractivity contribution in [1.29, 1.82) is 0 Å². The van der Waals surface area contributed by atoms with Gasteiger partial charge in [0.05, 0.1) is 31.4 Å². The van der Waals surface area contributed by atoms with E-state index < -0.39 is 22.5 Å². The molecule has 0 aliphatic rings. The average Bonchev–Trinajstić information content (AvgIpc) is 2.83. The number of hydrogen-bond donors (Lipinski definition) is 1. The molecule has 174 valence electrons. The van der Waals surface area contributed by atoms with E-state index >= 15 is 0 Å². The molecule has 33 heavy (non-hydrogen) atoms. The van der Waals surface area contributed by atoms with Crippen molar-refractivity contribution in [3.63, 3.8) is 0 Å². The first-order valence-corrected chi connectivity index (χ1v) is 11.7. The van der Waals surface area contributed by atoms with Crippen molar-refractivity contribution < 1.29 is 27.4 Å². The minimum Gasteiger partial charge on any atom is -0.494 e. The Morgan fingerprint density at radius 1 is 0.909 bits per heavy atom. The predicted molar refractivity (Wildman–Crippen MR) is 127 cm³/mol. The summed E-state index contributed by atoms with van der Waals surface area (Å²) >= 11 is 0. The molecule has 3 aromatic carbocycles. The number of ether oxygens (including phenoxy) is 3. The third-order valence-electron chi connectivity index (χ3n) is 4.70. The molecule has 0 bridgehead atoms. The molecular weight excluding hydrogens is 444 g/mol. The first kappa shape index (κ1) is 23.9. The Balaban J connectivity index is 1.95. The van der Waals surface area contributed by atoms with Gasteiger partial charge in [-0.15, -0.1) is 0 Å². The highest BCUT2D eigenvalue weighted by Gasteiger charge is 2.28. The SMILES string of the molecule is CCOc1cccc(NC(=O)CN(c2ccc(OC)c(OC)c2)S(=O)(=O)c2ccccc2)c1. The van der Waals surface area contributed by atoms with Crippen molar-refractivity contribution >= 4 is 27.3 Å². The molecule has 0 spiro atoms. The van der Waals surface area contributed by atoms with Crippen LogP contribution in [0.15, 0.2) is 77.7 Å². The number of anilines is 2. The van der Waals surface area contributed by atoms with E-state index in [0.29, 0.717) is 29.5 Å². The molecule has 3 rings (SSSR count). The summed E-state index contributed by atoms with van der Waals surface area (Å²) < 4.78 is 44.0. The average molecular weight is 471 g/mol. The number of methoxy groups -OCH3 is 2. The molecule has 3 aromatic rings. The Kier molecular flexibility index (Phi) is 7.78. The second-order valence-corrected chi connectivity index (χ2v) is 8.74.